The normalized spacial score (nSPS) is 22.5. The second kappa shape index (κ2) is 13.8. The van der Waals surface area contributed by atoms with E-state index in [9.17, 15) is 18.3 Å². The van der Waals surface area contributed by atoms with Crippen LogP contribution in [0.25, 0.3) is 0 Å². The molecule has 0 aromatic heterocycles. The van der Waals surface area contributed by atoms with Crippen molar-refractivity contribution in [1.82, 2.24) is 9.62 Å². The minimum absolute atomic E-state index is 0.000385. The molecule has 1 amide bonds. The van der Waals surface area contributed by atoms with Crippen LogP contribution < -0.4 is 10.1 Å². The number of rotatable bonds is 12. The standard InChI is InChI=1S/C29H40N2O8S/c1-20(2)17-31(40(34,35)25-11-9-23(36-3)10-12-25)18-27(32)26(15-21-7-5-4-6-8-21)30-29(33)39-24-16-22-13-14-37-28(22)38-19-24/h4-12,20,22,24,26-28,32H,13-19H2,1-3H3,(H,30,33). The Hall–Kier alpha value is -2.70. The number of benzene rings is 2. The first-order valence-electron chi connectivity index (χ1n) is 13.7. The first kappa shape index (κ1) is 30.3. The summed E-state index contributed by atoms with van der Waals surface area (Å²) in [7, 11) is -2.43. The van der Waals surface area contributed by atoms with E-state index in [4.69, 9.17) is 18.9 Å². The van der Waals surface area contributed by atoms with Crippen LogP contribution in [0.4, 0.5) is 4.79 Å². The summed E-state index contributed by atoms with van der Waals surface area (Å²) in [4.78, 5) is 13.1. The molecule has 0 radical (unpaired) electrons. The quantitative estimate of drug-likeness (QED) is 0.395. The molecular formula is C29H40N2O8S. The molecule has 0 saturated carbocycles. The van der Waals surface area contributed by atoms with Crippen molar-refractivity contribution in [3.63, 3.8) is 0 Å². The Kier molecular flexibility index (Phi) is 10.4. The molecule has 4 rings (SSSR count). The van der Waals surface area contributed by atoms with E-state index >= 15 is 0 Å². The van der Waals surface area contributed by atoms with Crippen LogP contribution in [-0.4, -0.2) is 81.9 Å². The molecule has 2 fully saturated rings. The summed E-state index contributed by atoms with van der Waals surface area (Å²) in [5.74, 6) is 0.727. The maximum Gasteiger partial charge on any atom is 0.407 e. The number of aliphatic hydroxyl groups is 1. The minimum Gasteiger partial charge on any atom is -0.497 e. The zero-order valence-electron chi connectivity index (χ0n) is 23.3. The lowest BCUT2D eigenvalue weighted by molar-refractivity contribution is -0.179. The number of sulfonamides is 1. The van der Waals surface area contributed by atoms with Gasteiger partial charge in [-0.25, -0.2) is 13.2 Å². The second-order valence-electron chi connectivity index (χ2n) is 10.8. The van der Waals surface area contributed by atoms with Crippen molar-refractivity contribution < 1.29 is 37.3 Å². The molecule has 0 bridgehead atoms. The fourth-order valence-corrected chi connectivity index (χ4v) is 6.73. The molecule has 5 unspecified atom stereocenters. The summed E-state index contributed by atoms with van der Waals surface area (Å²) < 4.78 is 50.5. The average Bonchev–Trinajstić information content (AvgIpc) is 3.40. The third-order valence-electron chi connectivity index (χ3n) is 7.16. The number of nitrogens with zero attached hydrogens (tertiary/aromatic N) is 1. The zero-order chi connectivity index (χ0) is 28.7. The van der Waals surface area contributed by atoms with Crippen molar-refractivity contribution in [2.45, 2.75) is 62.5 Å². The van der Waals surface area contributed by atoms with Gasteiger partial charge < -0.3 is 29.4 Å². The Morgan fingerprint density at radius 3 is 2.50 bits per heavy atom. The fraction of sp³-hybridized carbons (Fsp3) is 0.552. The molecule has 220 valence electrons. The Labute approximate surface area is 236 Å². The molecule has 2 heterocycles. The van der Waals surface area contributed by atoms with Crippen LogP contribution in [0.15, 0.2) is 59.5 Å². The summed E-state index contributed by atoms with van der Waals surface area (Å²) >= 11 is 0. The average molecular weight is 577 g/mol. The van der Waals surface area contributed by atoms with Gasteiger partial charge in [-0.2, -0.15) is 4.31 Å². The molecule has 2 aromatic rings. The van der Waals surface area contributed by atoms with Crippen LogP contribution in [0, 0.1) is 11.8 Å². The van der Waals surface area contributed by atoms with E-state index in [2.05, 4.69) is 5.32 Å². The molecule has 2 N–H and O–H groups in total. The van der Waals surface area contributed by atoms with E-state index in [1.807, 2.05) is 44.2 Å². The fourth-order valence-electron chi connectivity index (χ4n) is 5.11. The molecule has 11 heteroatoms. The Morgan fingerprint density at radius 2 is 1.82 bits per heavy atom. The number of aliphatic hydroxyl groups excluding tert-OH is 1. The van der Waals surface area contributed by atoms with Crippen LogP contribution >= 0.6 is 0 Å². The number of carbonyl (C=O) groups is 1. The summed E-state index contributed by atoms with van der Waals surface area (Å²) in [6, 6.07) is 14.7. The molecule has 10 nitrogen and oxygen atoms in total. The Morgan fingerprint density at radius 1 is 1.10 bits per heavy atom. The van der Waals surface area contributed by atoms with Crippen LogP contribution in [-0.2, 0) is 30.7 Å². The third-order valence-corrected chi connectivity index (χ3v) is 9.01. The van der Waals surface area contributed by atoms with E-state index in [1.54, 1.807) is 12.1 Å². The van der Waals surface area contributed by atoms with Gasteiger partial charge in [-0.3, -0.25) is 0 Å². The number of fused-ring (bicyclic) bond motifs is 1. The number of carbonyl (C=O) groups excluding carboxylic acids is 1. The number of hydrogen-bond donors (Lipinski definition) is 2. The van der Waals surface area contributed by atoms with Gasteiger partial charge in [0.2, 0.25) is 10.0 Å². The highest BCUT2D eigenvalue weighted by molar-refractivity contribution is 7.89. The van der Waals surface area contributed by atoms with Gasteiger partial charge in [0.25, 0.3) is 0 Å². The predicted octanol–water partition coefficient (Wildman–Crippen LogP) is 3.19. The van der Waals surface area contributed by atoms with Gasteiger partial charge >= 0.3 is 6.09 Å². The van der Waals surface area contributed by atoms with Gasteiger partial charge in [0.05, 0.1) is 37.4 Å². The van der Waals surface area contributed by atoms with Gasteiger partial charge in [-0.05, 0) is 55.0 Å². The lowest BCUT2D eigenvalue weighted by atomic mass is 9.97. The number of amides is 1. The van der Waals surface area contributed by atoms with Crippen LogP contribution in [0.5, 0.6) is 5.75 Å². The van der Waals surface area contributed by atoms with E-state index < -0.39 is 34.4 Å². The smallest absolute Gasteiger partial charge is 0.407 e. The summed E-state index contributed by atoms with van der Waals surface area (Å²) in [6.45, 7) is 4.67. The number of nitrogens with one attached hydrogen (secondary N) is 1. The molecule has 0 spiro atoms. The van der Waals surface area contributed by atoms with Crippen molar-refractivity contribution >= 4 is 16.1 Å². The van der Waals surface area contributed by atoms with Crippen molar-refractivity contribution in [1.29, 1.82) is 0 Å². The van der Waals surface area contributed by atoms with Crippen LogP contribution in [0.2, 0.25) is 0 Å². The number of alkyl carbamates (subject to hydrolysis) is 1. The topological polar surface area (TPSA) is 124 Å². The van der Waals surface area contributed by atoms with E-state index in [1.165, 1.54) is 23.5 Å². The number of ether oxygens (including phenoxy) is 4. The first-order valence-corrected chi connectivity index (χ1v) is 15.2. The lowest BCUT2D eigenvalue weighted by Gasteiger charge is -2.32. The van der Waals surface area contributed by atoms with Crippen molar-refractivity contribution in [3.05, 3.63) is 60.2 Å². The highest BCUT2D eigenvalue weighted by Crippen LogP contribution is 2.31. The van der Waals surface area contributed by atoms with Crippen LogP contribution in [0.1, 0.15) is 32.3 Å². The molecule has 2 aromatic carbocycles. The van der Waals surface area contributed by atoms with Crippen LogP contribution in [0.3, 0.4) is 0 Å². The number of methoxy groups -OCH3 is 1. The predicted molar refractivity (Wildman–Crippen MR) is 148 cm³/mol. The first-order chi connectivity index (χ1) is 19.2. The van der Waals surface area contributed by atoms with Gasteiger partial charge in [0, 0.05) is 19.0 Å². The van der Waals surface area contributed by atoms with Gasteiger partial charge in [-0.15, -0.1) is 0 Å². The Balaban J connectivity index is 1.48. The van der Waals surface area contributed by atoms with E-state index in [0.29, 0.717) is 18.8 Å². The second-order valence-corrected chi connectivity index (χ2v) is 12.7. The van der Waals surface area contributed by atoms with Crippen molar-refractivity contribution in [2.24, 2.45) is 11.8 Å². The van der Waals surface area contributed by atoms with Gasteiger partial charge in [0.1, 0.15) is 11.9 Å². The van der Waals surface area contributed by atoms with Crippen molar-refractivity contribution in [3.8, 4) is 5.75 Å². The minimum atomic E-state index is -3.94. The van der Waals surface area contributed by atoms with Crippen molar-refractivity contribution in [2.75, 3.05) is 33.4 Å². The van der Waals surface area contributed by atoms with E-state index in [-0.39, 0.29) is 49.1 Å². The third kappa shape index (κ3) is 7.94. The van der Waals surface area contributed by atoms with Gasteiger partial charge in [0.15, 0.2) is 6.29 Å². The molecular weight excluding hydrogens is 536 g/mol. The monoisotopic (exact) mass is 576 g/mol. The Bertz CT molecular complexity index is 1190. The zero-order valence-corrected chi connectivity index (χ0v) is 24.1. The summed E-state index contributed by atoms with van der Waals surface area (Å²) in [6.07, 6.45) is -0.772. The van der Waals surface area contributed by atoms with Gasteiger partial charge in [-0.1, -0.05) is 44.2 Å². The SMILES string of the molecule is COc1ccc(S(=O)(=O)N(CC(C)C)CC(O)C(Cc2ccccc2)NC(=O)OC2COC3OCCC3C2)cc1. The lowest BCUT2D eigenvalue weighted by Crippen LogP contribution is -2.52. The van der Waals surface area contributed by atoms with E-state index in [0.717, 1.165) is 12.0 Å². The number of hydrogen-bond acceptors (Lipinski definition) is 8. The molecule has 5 atom stereocenters. The highest BCUT2D eigenvalue weighted by atomic mass is 32.2. The summed E-state index contributed by atoms with van der Waals surface area (Å²) in [5, 5.41) is 14.2. The molecule has 2 aliphatic rings. The molecule has 40 heavy (non-hydrogen) atoms. The molecule has 0 aliphatic carbocycles. The highest BCUT2D eigenvalue weighted by Gasteiger charge is 2.38. The maximum absolute atomic E-state index is 13.6. The summed E-state index contributed by atoms with van der Waals surface area (Å²) in [5.41, 5.74) is 0.882. The maximum atomic E-state index is 13.6. The largest absolute Gasteiger partial charge is 0.497 e. The molecule has 2 aliphatic heterocycles. The molecule has 2 saturated heterocycles.